The summed E-state index contributed by atoms with van der Waals surface area (Å²) in [5.41, 5.74) is 0.294. The molecule has 7 nitrogen and oxygen atoms in total. The monoisotopic (exact) mass is 266 g/mol. The number of carbonyl (C=O) groups is 1. The van der Waals surface area contributed by atoms with Gasteiger partial charge in [-0.1, -0.05) is 0 Å². The predicted molar refractivity (Wildman–Crippen MR) is 65.4 cm³/mol. The summed E-state index contributed by atoms with van der Waals surface area (Å²) in [6.07, 6.45) is 1.60. The highest BCUT2D eigenvalue weighted by Crippen LogP contribution is 2.01. The van der Waals surface area contributed by atoms with Crippen LogP contribution in [0.2, 0.25) is 0 Å². The third-order valence-corrected chi connectivity index (χ3v) is 2.56. The first-order chi connectivity index (χ1) is 9.20. The molecule has 0 amide bonds. The van der Waals surface area contributed by atoms with Crippen LogP contribution in [0.25, 0.3) is 0 Å². The Hall–Kier alpha value is -2.28. The van der Waals surface area contributed by atoms with Gasteiger partial charge in [0.25, 0.3) is 0 Å². The van der Waals surface area contributed by atoms with Crippen LogP contribution in [-0.4, -0.2) is 22.5 Å². The molecule has 4 N–H and O–H groups in total. The number of furan rings is 1. The number of quaternary nitrogens is 1. The largest absolute Gasteiger partial charge is 0.463 e. The molecule has 2 aromatic rings. The van der Waals surface area contributed by atoms with Gasteiger partial charge in [-0.05, 0) is 19.1 Å². The lowest BCUT2D eigenvalue weighted by molar-refractivity contribution is -0.688. The predicted octanol–water partition coefficient (Wildman–Crippen LogP) is -0.264. The highest BCUT2D eigenvalue weighted by atomic mass is 16.5. The Bertz CT molecular complexity index is 582. The van der Waals surface area contributed by atoms with Gasteiger partial charge >= 0.3 is 11.7 Å². The lowest BCUT2D eigenvalue weighted by Crippen LogP contribution is -2.81. The molecule has 0 atom stereocenters. The number of esters is 1. The Morgan fingerprint density at radius 3 is 2.95 bits per heavy atom. The lowest BCUT2D eigenvalue weighted by Gasteiger charge is -2.02. The van der Waals surface area contributed by atoms with Gasteiger partial charge in [-0.25, -0.2) is 9.59 Å². The second-order valence-electron chi connectivity index (χ2n) is 3.93. The van der Waals surface area contributed by atoms with Crippen LogP contribution in [0, 0.1) is 0 Å². The zero-order valence-corrected chi connectivity index (χ0v) is 10.6. The number of hydrogen-bond acceptors (Lipinski definition) is 4. The molecule has 0 aliphatic carbocycles. The van der Waals surface area contributed by atoms with Crippen molar-refractivity contribution in [2.75, 3.05) is 6.61 Å². The van der Waals surface area contributed by atoms with Crippen molar-refractivity contribution in [3.05, 3.63) is 46.0 Å². The fourth-order valence-electron chi connectivity index (χ4n) is 1.74. The summed E-state index contributed by atoms with van der Waals surface area (Å²) < 4.78 is 10.1. The van der Waals surface area contributed by atoms with Gasteiger partial charge < -0.3 is 19.5 Å². The van der Waals surface area contributed by atoms with Gasteiger partial charge in [0.2, 0.25) is 0 Å². The van der Waals surface area contributed by atoms with Crippen LogP contribution in [0.5, 0.6) is 0 Å². The highest BCUT2D eigenvalue weighted by Gasteiger charge is 2.17. The standard InChI is InChI=1S/C12H15N3O4/c1-2-18-11(16)10-9(14-12(17)15-10)7-13-6-8-4-3-5-19-8/h3-5,13H,2,6-7H2,1H3,(H2,14,15,17)/p+1. The van der Waals surface area contributed by atoms with E-state index >= 15 is 0 Å². The zero-order chi connectivity index (χ0) is 13.7. The van der Waals surface area contributed by atoms with Crippen molar-refractivity contribution in [3.8, 4) is 0 Å². The molecule has 2 heterocycles. The third kappa shape index (κ3) is 3.35. The molecule has 0 fully saturated rings. The average molecular weight is 266 g/mol. The Kier molecular flexibility index (Phi) is 4.19. The number of H-pyrrole nitrogens is 2. The number of aromatic nitrogens is 2. The van der Waals surface area contributed by atoms with E-state index in [1.54, 1.807) is 13.2 Å². The Morgan fingerprint density at radius 1 is 1.42 bits per heavy atom. The number of rotatable bonds is 6. The quantitative estimate of drug-likeness (QED) is 0.626. The normalized spacial score (nSPS) is 10.6. The molecule has 0 spiro atoms. The van der Waals surface area contributed by atoms with Gasteiger partial charge in [-0.2, -0.15) is 0 Å². The molecular weight excluding hydrogens is 250 g/mol. The molecule has 102 valence electrons. The molecule has 0 radical (unpaired) electrons. The Labute approximate surface area is 109 Å². The number of nitrogens with two attached hydrogens (primary N) is 1. The first kappa shape index (κ1) is 13.2. The first-order valence-electron chi connectivity index (χ1n) is 6.03. The molecule has 0 saturated carbocycles. The van der Waals surface area contributed by atoms with Crippen LogP contribution >= 0.6 is 0 Å². The molecule has 0 bridgehead atoms. The van der Waals surface area contributed by atoms with E-state index < -0.39 is 11.7 Å². The van der Waals surface area contributed by atoms with E-state index in [-0.39, 0.29) is 12.3 Å². The van der Waals surface area contributed by atoms with E-state index in [1.165, 1.54) is 0 Å². The maximum absolute atomic E-state index is 11.6. The minimum atomic E-state index is -0.526. The second-order valence-corrected chi connectivity index (χ2v) is 3.93. The molecular formula is C12H16N3O4+. The van der Waals surface area contributed by atoms with E-state index in [1.807, 2.05) is 17.4 Å². The van der Waals surface area contributed by atoms with Gasteiger partial charge in [0, 0.05) is 0 Å². The summed E-state index contributed by atoms with van der Waals surface area (Å²) in [7, 11) is 0. The van der Waals surface area contributed by atoms with Gasteiger partial charge in [-0.3, -0.25) is 4.98 Å². The first-order valence-corrected chi connectivity index (χ1v) is 6.03. The molecule has 7 heteroatoms. The third-order valence-electron chi connectivity index (χ3n) is 2.56. The number of aromatic amines is 2. The fraction of sp³-hybridized carbons (Fsp3) is 0.333. The van der Waals surface area contributed by atoms with E-state index in [9.17, 15) is 9.59 Å². The fourth-order valence-corrected chi connectivity index (χ4v) is 1.74. The molecule has 0 aliphatic heterocycles. The van der Waals surface area contributed by atoms with Gasteiger partial charge in [-0.15, -0.1) is 0 Å². The van der Waals surface area contributed by atoms with Crippen LogP contribution < -0.4 is 11.0 Å². The average Bonchev–Trinajstić information content (AvgIpc) is 2.99. The van der Waals surface area contributed by atoms with Crippen molar-refractivity contribution in [3.63, 3.8) is 0 Å². The molecule has 0 saturated heterocycles. The van der Waals surface area contributed by atoms with Crippen LogP contribution in [0.1, 0.15) is 28.9 Å². The number of nitrogens with one attached hydrogen (secondary N) is 2. The maximum Gasteiger partial charge on any atom is 0.356 e. The summed E-state index contributed by atoms with van der Waals surface area (Å²) in [4.78, 5) is 27.9. The van der Waals surface area contributed by atoms with E-state index in [0.717, 1.165) is 5.76 Å². The zero-order valence-electron chi connectivity index (χ0n) is 10.6. The van der Waals surface area contributed by atoms with E-state index in [2.05, 4.69) is 9.97 Å². The highest BCUT2D eigenvalue weighted by molar-refractivity contribution is 5.88. The van der Waals surface area contributed by atoms with E-state index in [4.69, 9.17) is 9.15 Å². The summed E-state index contributed by atoms with van der Waals surface area (Å²) in [6, 6.07) is 3.67. The molecule has 0 aliphatic rings. The number of imidazole rings is 1. The minimum Gasteiger partial charge on any atom is -0.463 e. The van der Waals surface area contributed by atoms with E-state index in [0.29, 0.717) is 18.8 Å². The SMILES string of the molecule is CCOC(=O)c1[nH]c(=O)[nH]c1C[NH2+]Cc1ccco1. The summed E-state index contributed by atoms with van der Waals surface area (Å²) >= 11 is 0. The van der Waals surface area contributed by atoms with Crippen molar-refractivity contribution in [2.45, 2.75) is 20.0 Å². The van der Waals surface area contributed by atoms with Crippen LogP contribution in [-0.2, 0) is 17.8 Å². The van der Waals surface area contributed by atoms with Crippen molar-refractivity contribution >= 4 is 5.97 Å². The molecule has 2 aromatic heterocycles. The molecule has 0 aromatic carbocycles. The summed E-state index contributed by atoms with van der Waals surface area (Å²) in [5, 5.41) is 1.92. The smallest absolute Gasteiger partial charge is 0.356 e. The minimum absolute atomic E-state index is 0.183. The topological polar surface area (TPSA) is 105 Å². The molecule has 0 unspecified atom stereocenters. The Morgan fingerprint density at radius 2 is 2.26 bits per heavy atom. The summed E-state index contributed by atoms with van der Waals surface area (Å²) in [5.74, 6) is 0.304. The van der Waals surface area contributed by atoms with Gasteiger partial charge in [0.15, 0.2) is 11.5 Å². The maximum atomic E-state index is 11.6. The number of carbonyl (C=O) groups excluding carboxylic acids is 1. The van der Waals surface area contributed by atoms with Crippen molar-refractivity contribution in [1.82, 2.24) is 9.97 Å². The van der Waals surface area contributed by atoms with Gasteiger partial charge in [0.05, 0.1) is 12.9 Å². The molecule has 2 rings (SSSR count). The number of hydrogen-bond donors (Lipinski definition) is 3. The van der Waals surface area contributed by atoms with Crippen molar-refractivity contribution < 1.29 is 19.3 Å². The summed E-state index contributed by atoms with van der Waals surface area (Å²) in [6.45, 7) is 3.06. The lowest BCUT2D eigenvalue weighted by atomic mass is 10.3. The van der Waals surface area contributed by atoms with Crippen LogP contribution in [0.3, 0.4) is 0 Å². The van der Waals surface area contributed by atoms with Crippen molar-refractivity contribution in [2.24, 2.45) is 0 Å². The number of ether oxygens (including phenoxy) is 1. The second kappa shape index (κ2) is 6.05. The molecule has 19 heavy (non-hydrogen) atoms. The Balaban J connectivity index is 1.99. The van der Waals surface area contributed by atoms with Crippen LogP contribution in [0.15, 0.2) is 27.6 Å². The van der Waals surface area contributed by atoms with Gasteiger partial charge in [0.1, 0.15) is 18.8 Å². The van der Waals surface area contributed by atoms with Crippen LogP contribution in [0.4, 0.5) is 0 Å². The van der Waals surface area contributed by atoms with Crippen molar-refractivity contribution in [1.29, 1.82) is 0 Å².